The first-order valence-corrected chi connectivity index (χ1v) is 7.98. The van der Waals surface area contributed by atoms with Gasteiger partial charge >= 0.3 is 12.1 Å². The predicted molar refractivity (Wildman–Crippen MR) is 71.0 cm³/mol. The summed E-state index contributed by atoms with van der Waals surface area (Å²) in [5, 5.41) is 8.39. The van der Waals surface area contributed by atoms with Crippen LogP contribution in [0, 0.1) is 0 Å². The van der Waals surface area contributed by atoms with E-state index in [0.717, 1.165) is 12.1 Å². The average molecular weight is 358 g/mol. The lowest BCUT2D eigenvalue weighted by Crippen LogP contribution is -2.40. The van der Waals surface area contributed by atoms with E-state index in [4.69, 9.17) is 16.7 Å². The molecule has 1 aromatic carbocycles. The van der Waals surface area contributed by atoms with Crippen molar-refractivity contribution < 1.29 is 31.5 Å². The molecule has 122 valence electrons. The number of hydrogen-bond donors (Lipinski definition) is 1. The SMILES string of the molecule is O=C(O)[C@H]1CCCN1S(=O)(=O)c1ccc(Cl)c(C(F)(F)F)c1. The highest BCUT2D eigenvalue weighted by Crippen LogP contribution is 2.37. The molecule has 1 atom stereocenters. The Bertz CT molecular complexity index is 705. The number of benzene rings is 1. The van der Waals surface area contributed by atoms with E-state index < -0.39 is 43.7 Å². The fraction of sp³-hybridized carbons (Fsp3) is 0.417. The van der Waals surface area contributed by atoms with E-state index in [0.29, 0.717) is 16.8 Å². The Morgan fingerprint density at radius 3 is 2.55 bits per heavy atom. The number of rotatable bonds is 3. The molecule has 0 unspecified atom stereocenters. The number of nitrogens with zero attached hydrogens (tertiary/aromatic N) is 1. The zero-order chi connectivity index (χ0) is 16.7. The summed E-state index contributed by atoms with van der Waals surface area (Å²) in [6, 6.07) is 0.928. The molecule has 5 nitrogen and oxygen atoms in total. The first kappa shape index (κ1) is 17.0. The molecular formula is C12H11ClF3NO4S. The van der Waals surface area contributed by atoms with Gasteiger partial charge in [0.25, 0.3) is 0 Å². The Labute approximate surface area is 129 Å². The molecule has 1 saturated heterocycles. The molecule has 22 heavy (non-hydrogen) atoms. The van der Waals surface area contributed by atoms with E-state index in [1.165, 1.54) is 0 Å². The van der Waals surface area contributed by atoms with E-state index in [1.807, 2.05) is 0 Å². The molecule has 0 bridgehead atoms. The lowest BCUT2D eigenvalue weighted by atomic mass is 10.2. The van der Waals surface area contributed by atoms with Crippen LogP contribution in [0.2, 0.25) is 5.02 Å². The third-order valence-electron chi connectivity index (χ3n) is 3.34. The van der Waals surface area contributed by atoms with Crippen molar-refractivity contribution in [2.24, 2.45) is 0 Å². The first-order chi connectivity index (χ1) is 10.0. The Balaban J connectivity index is 2.49. The van der Waals surface area contributed by atoms with Crippen LogP contribution in [0.25, 0.3) is 0 Å². The predicted octanol–water partition coefficient (Wildman–Crippen LogP) is 2.60. The molecule has 0 aliphatic carbocycles. The number of halogens is 4. The number of carboxylic acid groups (broad SMARTS) is 1. The zero-order valence-electron chi connectivity index (χ0n) is 11.0. The van der Waals surface area contributed by atoms with Crippen LogP contribution in [-0.4, -0.2) is 36.4 Å². The van der Waals surface area contributed by atoms with E-state index in [2.05, 4.69) is 0 Å². The van der Waals surface area contributed by atoms with Crippen LogP contribution in [-0.2, 0) is 21.0 Å². The van der Waals surface area contributed by atoms with Crippen LogP contribution in [0.5, 0.6) is 0 Å². The van der Waals surface area contributed by atoms with Gasteiger partial charge in [0.1, 0.15) is 6.04 Å². The summed E-state index contributed by atoms with van der Waals surface area (Å²) in [7, 11) is -4.34. The van der Waals surface area contributed by atoms with Crippen LogP contribution < -0.4 is 0 Å². The van der Waals surface area contributed by atoms with Crippen molar-refractivity contribution in [3.63, 3.8) is 0 Å². The summed E-state index contributed by atoms with van der Waals surface area (Å²) >= 11 is 5.45. The van der Waals surface area contributed by atoms with Crippen molar-refractivity contribution in [1.29, 1.82) is 0 Å². The van der Waals surface area contributed by atoms with Gasteiger partial charge in [0.2, 0.25) is 10.0 Å². The van der Waals surface area contributed by atoms with Gasteiger partial charge in [0, 0.05) is 6.54 Å². The molecule has 0 radical (unpaired) electrons. The van der Waals surface area contributed by atoms with Gasteiger partial charge in [-0.3, -0.25) is 4.79 Å². The third kappa shape index (κ3) is 3.06. The number of hydrogen-bond acceptors (Lipinski definition) is 3. The minimum absolute atomic E-state index is 0.0523. The van der Waals surface area contributed by atoms with Crippen LogP contribution >= 0.6 is 11.6 Å². The Hall–Kier alpha value is -1.32. The Morgan fingerprint density at radius 1 is 1.36 bits per heavy atom. The summed E-state index contributed by atoms with van der Waals surface area (Å²) < 4.78 is 63.9. The van der Waals surface area contributed by atoms with Crippen LogP contribution in [0.3, 0.4) is 0 Å². The number of alkyl halides is 3. The van der Waals surface area contributed by atoms with E-state index >= 15 is 0 Å². The minimum Gasteiger partial charge on any atom is -0.480 e. The highest BCUT2D eigenvalue weighted by Gasteiger charge is 2.41. The Kier molecular flexibility index (Phi) is 4.42. The molecule has 1 fully saturated rings. The third-order valence-corrected chi connectivity index (χ3v) is 5.57. The van der Waals surface area contributed by atoms with E-state index in [-0.39, 0.29) is 13.0 Å². The molecule has 0 saturated carbocycles. The van der Waals surface area contributed by atoms with Crippen LogP contribution in [0.4, 0.5) is 13.2 Å². The lowest BCUT2D eigenvalue weighted by Gasteiger charge is -2.21. The van der Waals surface area contributed by atoms with Gasteiger partial charge < -0.3 is 5.11 Å². The molecule has 1 aliphatic rings. The summed E-state index contributed by atoms with van der Waals surface area (Å²) in [5.41, 5.74) is -1.28. The van der Waals surface area contributed by atoms with Crippen molar-refractivity contribution in [3.8, 4) is 0 Å². The molecule has 10 heteroatoms. The largest absolute Gasteiger partial charge is 0.480 e. The monoisotopic (exact) mass is 357 g/mol. The average Bonchev–Trinajstić information content (AvgIpc) is 2.87. The molecule has 1 aliphatic heterocycles. The molecule has 0 spiro atoms. The molecule has 1 N–H and O–H groups in total. The van der Waals surface area contributed by atoms with Gasteiger partial charge in [-0.1, -0.05) is 11.6 Å². The van der Waals surface area contributed by atoms with Gasteiger partial charge in [-0.25, -0.2) is 8.42 Å². The second kappa shape index (κ2) is 5.71. The smallest absolute Gasteiger partial charge is 0.417 e. The normalized spacial score (nSPS) is 20.3. The maximum Gasteiger partial charge on any atom is 0.417 e. The first-order valence-electron chi connectivity index (χ1n) is 6.16. The second-order valence-corrected chi connectivity index (χ2v) is 7.05. The number of aliphatic carboxylic acids is 1. The highest BCUT2D eigenvalue weighted by atomic mass is 35.5. The van der Waals surface area contributed by atoms with Gasteiger partial charge in [-0.15, -0.1) is 0 Å². The van der Waals surface area contributed by atoms with Crippen LogP contribution in [0.1, 0.15) is 18.4 Å². The summed E-state index contributed by atoms with van der Waals surface area (Å²) in [4.78, 5) is 10.4. The molecule has 1 heterocycles. The molecule has 0 amide bonds. The van der Waals surface area contributed by atoms with Gasteiger partial charge in [-0.2, -0.15) is 17.5 Å². The maximum atomic E-state index is 12.8. The summed E-state index contributed by atoms with van der Waals surface area (Å²) in [6.45, 7) is -0.0523. The quantitative estimate of drug-likeness (QED) is 0.902. The maximum absolute atomic E-state index is 12.8. The molecular weight excluding hydrogens is 347 g/mol. The summed E-state index contributed by atoms with van der Waals surface area (Å²) in [6.07, 6.45) is -4.36. The Morgan fingerprint density at radius 2 is 2.00 bits per heavy atom. The fourth-order valence-electron chi connectivity index (χ4n) is 2.29. The van der Waals surface area contributed by atoms with Crippen molar-refractivity contribution in [2.45, 2.75) is 30.0 Å². The standard InChI is InChI=1S/C12H11ClF3NO4S/c13-9-4-3-7(6-8(9)12(14,15)16)22(20,21)17-5-1-2-10(17)11(18)19/h3-4,6,10H,1-2,5H2,(H,18,19)/t10-/m1/s1. The van der Waals surface area contributed by atoms with Crippen molar-refractivity contribution in [2.75, 3.05) is 6.54 Å². The minimum atomic E-state index is -4.81. The van der Waals surface area contributed by atoms with Crippen LogP contribution in [0.15, 0.2) is 23.1 Å². The van der Waals surface area contributed by atoms with Crippen molar-refractivity contribution >= 4 is 27.6 Å². The topological polar surface area (TPSA) is 74.7 Å². The van der Waals surface area contributed by atoms with E-state index in [9.17, 15) is 26.4 Å². The second-order valence-electron chi connectivity index (χ2n) is 4.75. The zero-order valence-corrected chi connectivity index (χ0v) is 12.5. The number of carbonyl (C=O) groups is 1. The van der Waals surface area contributed by atoms with Gasteiger partial charge in [-0.05, 0) is 31.0 Å². The summed E-state index contributed by atoms with van der Waals surface area (Å²) in [5.74, 6) is -1.33. The number of sulfonamides is 1. The molecule has 1 aromatic rings. The van der Waals surface area contributed by atoms with Gasteiger partial charge in [0.15, 0.2) is 0 Å². The molecule has 0 aromatic heterocycles. The molecule has 2 rings (SSSR count). The van der Waals surface area contributed by atoms with E-state index in [1.54, 1.807) is 0 Å². The lowest BCUT2D eigenvalue weighted by molar-refractivity contribution is -0.141. The highest BCUT2D eigenvalue weighted by molar-refractivity contribution is 7.89. The van der Waals surface area contributed by atoms with Gasteiger partial charge in [0.05, 0.1) is 15.5 Å². The van der Waals surface area contributed by atoms with Crippen molar-refractivity contribution in [1.82, 2.24) is 4.31 Å². The fourth-order valence-corrected chi connectivity index (χ4v) is 4.19. The van der Waals surface area contributed by atoms with Crippen molar-refractivity contribution in [3.05, 3.63) is 28.8 Å². The number of carboxylic acids is 1.